The zero-order valence-corrected chi connectivity index (χ0v) is 18.6. The quantitative estimate of drug-likeness (QED) is 0.459. The van der Waals surface area contributed by atoms with Gasteiger partial charge in [0, 0.05) is 30.9 Å². The molecule has 3 N–H and O–H groups in total. The van der Waals surface area contributed by atoms with Gasteiger partial charge >= 0.3 is 0 Å². The Morgan fingerprint density at radius 2 is 1.91 bits per heavy atom. The number of rotatable bonds is 5. The topological polar surface area (TPSA) is 110 Å². The molecule has 0 bridgehead atoms. The first-order valence-electron chi connectivity index (χ1n) is 11.0. The van der Waals surface area contributed by atoms with E-state index in [4.69, 9.17) is 15.7 Å². The Morgan fingerprint density at radius 3 is 2.58 bits per heavy atom. The Bertz CT molecular complexity index is 1320. The molecule has 1 fully saturated rings. The van der Waals surface area contributed by atoms with Crippen LogP contribution in [-0.2, 0) is 10.4 Å². The third-order valence-corrected chi connectivity index (χ3v) is 6.20. The first-order chi connectivity index (χ1) is 15.8. The molecule has 1 unspecified atom stereocenters. The van der Waals surface area contributed by atoms with E-state index in [0.29, 0.717) is 40.0 Å². The highest BCUT2D eigenvalue weighted by molar-refractivity contribution is 5.83. The van der Waals surface area contributed by atoms with Gasteiger partial charge in [0.25, 0.3) is 0 Å². The molecule has 0 aliphatic carbocycles. The fraction of sp³-hybridized carbons (Fsp3) is 0.280. The standard InChI is InChI=1S/C25H26N6O2/c1-25(2,33)21-10-9-20-24(29-21)31(23(28-20)19-4-3-12-27-22(19)26)18-7-5-16(6-8-18)17-11-13-30(14-17)15-32/h3-10,12,15,17,33H,11,13-14H2,1-2H3,(H2,26,27). The van der Waals surface area contributed by atoms with E-state index in [9.17, 15) is 9.90 Å². The van der Waals surface area contributed by atoms with Crippen molar-refractivity contribution < 1.29 is 9.90 Å². The normalized spacial score (nSPS) is 16.5. The molecular formula is C25H26N6O2. The predicted molar refractivity (Wildman–Crippen MR) is 127 cm³/mol. The van der Waals surface area contributed by atoms with Gasteiger partial charge in [-0.05, 0) is 62.2 Å². The van der Waals surface area contributed by atoms with E-state index in [-0.39, 0.29) is 0 Å². The second-order valence-corrected chi connectivity index (χ2v) is 8.98. The second kappa shape index (κ2) is 7.97. The lowest BCUT2D eigenvalue weighted by Crippen LogP contribution is -2.17. The van der Waals surface area contributed by atoms with Gasteiger partial charge in [0.2, 0.25) is 6.41 Å². The first-order valence-corrected chi connectivity index (χ1v) is 11.0. The number of fused-ring (bicyclic) bond motifs is 1. The number of nitrogens with zero attached hydrogens (tertiary/aromatic N) is 5. The van der Waals surface area contributed by atoms with Crippen LogP contribution in [0.3, 0.4) is 0 Å². The van der Waals surface area contributed by atoms with Crippen molar-refractivity contribution in [2.75, 3.05) is 18.8 Å². The molecule has 8 nitrogen and oxygen atoms in total. The highest BCUT2D eigenvalue weighted by Gasteiger charge is 2.24. The summed E-state index contributed by atoms with van der Waals surface area (Å²) in [5, 5.41) is 10.5. The number of nitrogen functional groups attached to an aromatic ring is 1. The fourth-order valence-corrected chi connectivity index (χ4v) is 4.38. The van der Waals surface area contributed by atoms with E-state index in [1.807, 2.05) is 39.8 Å². The van der Waals surface area contributed by atoms with Gasteiger partial charge in [0.1, 0.15) is 16.9 Å². The largest absolute Gasteiger partial charge is 0.384 e. The van der Waals surface area contributed by atoms with Crippen LogP contribution < -0.4 is 5.73 Å². The molecule has 5 rings (SSSR count). The monoisotopic (exact) mass is 442 g/mol. The number of hydrogen-bond acceptors (Lipinski definition) is 6. The van der Waals surface area contributed by atoms with Crippen LogP contribution >= 0.6 is 0 Å². The molecule has 1 aliphatic rings. The molecule has 168 valence electrons. The molecule has 4 heterocycles. The smallest absolute Gasteiger partial charge is 0.209 e. The van der Waals surface area contributed by atoms with Crippen molar-refractivity contribution in [1.82, 2.24) is 24.4 Å². The first kappa shape index (κ1) is 21.1. The van der Waals surface area contributed by atoms with Crippen molar-refractivity contribution in [1.29, 1.82) is 0 Å². The van der Waals surface area contributed by atoms with E-state index in [1.54, 1.807) is 26.1 Å². The number of aliphatic hydroxyl groups is 1. The van der Waals surface area contributed by atoms with Gasteiger partial charge in [0.05, 0.1) is 11.3 Å². The zero-order chi connectivity index (χ0) is 23.2. The minimum absolute atomic E-state index is 0.331. The van der Waals surface area contributed by atoms with Gasteiger partial charge < -0.3 is 15.7 Å². The molecule has 3 aromatic heterocycles. The summed E-state index contributed by atoms with van der Waals surface area (Å²) in [5.74, 6) is 1.35. The van der Waals surface area contributed by atoms with Crippen molar-refractivity contribution in [2.45, 2.75) is 31.8 Å². The Kier molecular flexibility index (Phi) is 5.09. The Morgan fingerprint density at radius 1 is 1.12 bits per heavy atom. The van der Waals surface area contributed by atoms with Crippen LogP contribution in [0.2, 0.25) is 0 Å². The molecule has 1 aromatic carbocycles. The summed E-state index contributed by atoms with van der Waals surface area (Å²) < 4.78 is 1.95. The number of likely N-dealkylation sites (tertiary alicyclic amines) is 1. The van der Waals surface area contributed by atoms with Gasteiger partial charge in [-0.25, -0.2) is 15.0 Å². The minimum atomic E-state index is -1.09. The number of aromatic nitrogens is 4. The van der Waals surface area contributed by atoms with Crippen molar-refractivity contribution >= 4 is 23.4 Å². The van der Waals surface area contributed by atoms with Gasteiger partial charge in [-0.2, -0.15) is 0 Å². The Balaban J connectivity index is 1.66. The van der Waals surface area contributed by atoms with Crippen LogP contribution in [-0.4, -0.2) is 49.0 Å². The number of benzene rings is 1. The molecule has 4 aromatic rings. The molecule has 8 heteroatoms. The summed E-state index contributed by atoms with van der Waals surface area (Å²) in [6.07, 6.45) is 3.53. The van der Waals surface area contributed by atoms with Crippen LogP contribution in [0.1, 0.15) is 37.4 Å². The van der Waals surface area contributed by atoms with Crippen LogP contribution in [0.15, 0.2) is 54.7 Å². The summed E-state index contributed by atoms with van der Waals surface area (Å²) in [5.41, 5.74) is 9.77. The van der Waals surface area contributed by atoms with Gasteiger partial charge in [0.15, 0.2) is 11.5 Å². The maximum atomic E-state index is 11.1. The summed E-state index contributed by atoms with van der Waals surface area (Å²) >= 11 is 0. The minimum Gasteiger partial charge on any atom is -0.384 e. The number of nitrogens with two attached hydrogens (primary N) is 1. The SMILES string of the molecule is CC(C)(O)c1ccc2nc(-c3cccnc3N)n(-c3ccc(C4CCN(C=O)C4)cc3)c2n1. The number of imidazole rings is 1. The van der Waals surface area contributed by atoms with Crippen LogP contribution in [0.5, 0.6) is 0 Å². The number of amides is 1. The summed E-state index contributed by atoms with van der Waals surface area (Å²) in [4.78, 5) is 26.7. The van der Waals surface area contributed by atoms with Crippen molar-refractivity contribution in [3.63, 3.8) is 0 Å². The average molecular weight is 443 g/mol. The lowest BCUT2D eigenvalue weighted by Gasteiger charge is -2.17. The third-order valence-electron chi connectivity index (χ3n) is 6.20. The van der Waals surface area contributed by atoms with E-state index in [2.05, 4.69) is 17.1 Å². The predicted octanol–water partition coefficient (Wildman–Crippen LogP) is 3.24. The number of hydrogen-bond donors (Lipinski definition) is 2. The summed E-state index contributed by atoms with van der Waals surface area (Å²) in [6.45, 7) is 4.95. The molecular weight excluding hydrogens is 416 g/mol. The molecule has 0 spiro atoms. The second-order valence-electron chi connectivity index (χ2n) is 8.98. The number of pyridine rings is 2. The Hall–Kier alpha value is -3.78. The maximum Gasteiger partial charge on any atom is 0.209 e. The Labute approximate surface area is 191 Å². The average Bonchev–Trinajstić information content (AvgIpc) is 3.43. The van der Waals surface area contributed by atoms with Crippen molar-refractivity contribution in [3.05, 3.63) is 66.0 Å². The lowest BCUT2D eigenvalue weighted by atomic mass is 9.98. The van der Waals surface area contributed by atoms with Crippen molar-refractivity contribution in [3.8, 4) is 17.1 Å². The molecule has 33 heavy (non-hydrogen) atoms. The molecule has 1 saturated heterocycles. The van der Waals surface area contributed by atoms with E-state index >= 15 is 0 Å². The van der Waals surface area contributed by atoms with Crippen LogP contribution in [0.25, 0.3) is 28.2 Å². The van der Waals surface area contributed by atoms with E-state index in [1.165, 1.54) is 5.56 Å². The fourth-order valence-electron chi connectivity index (χ4n) is 4.38. The summed E-state index contributed by atoms with van der Waals surface area (Å²) in [6, 6.07) is 15.6. The lowest BCUT2D eigenvalue weighted by molar-refractivity contribution is -0.117. The molecule has 1 aliphatic heterocycles. The molecule has 1 atom stereocenters. The van der Waals surface area contributed by atoms with Gasteiger partial charge in [-0.1, -0.05) is 12.1 Å². The number of anilines is 1. The van der Waals surface area contributed by atoms with E-state index < -0.39 is 5.60 Å². The zero-order valence-electron chi connectivity index (χ0n) is 18.6. The van der Waals surface area contributed by atoms with E-state index in [0.717, 1.165) is 31.6 Å². The third kappa shape index (κ3) is 3.82. The highest BCUT2D eigenvalue weighted by Crippen LogP contribution is 2.33. The van der Waals surface area contributed by atoms with Gasteiger partial charge in [-0.15, -0.1) is 0 Å². The molecule has 0 radical (unpaired) electrons. The maximum absolute atomic E-state index is 11.1. The number of carbonyl (C=O) groups is 1. The van der Waals surface area contributed by atoms with Gasteiger partial charge in [-0.3, -0.25) is 9.36 Å². The summed E-state index contributed by atoms with van der Waals surface area (Å²) in [7, 11) is 0. The van der Waals surface area contributed by atoms with Crippen LogP contribution in [0, 0.1) is 0 Å². The molecule has 1 amide bonds. The highest BCUT2D eigenvalue weighted by atomic mass is 16.3. The van der Waals surface area contributed by atoms with Crippen molar-refractivity contribution in [2.24, 2.45) is 0 Å². The van der Waals surface area contributed by atoms with Crippen LogP contribution in [0.4, 0.5) is 5.82 Å². The molecule has 0 saturated carbocycles. The number of carbonyl (C=O) groups excluding carboxylic acids is 1.